The first-order valence-electron chi connectivity index (χ1n) is 11.3. The van der Waals surface area contributed by atoms with E-state index in [9.17, 15) is 4.79 Å². The molecule has 0 bridgehead atoms. The molecule has 3 aromatic carbocycles. The van der Waals surface area contributed by atoms with Crippen LogP contribution in [0.1, 0.15) is 11.1 Å². The van der Waals surface area contributed by atoms with Gasteiger partial charge in [-0.05, 0) is 65.8 Å². The van der Waals surface area contributed by atoms with Gasteiger partial charge in [0.25, 0.3) is 0 Å². The van der Waals surface area contributed by atoms with Gasteiger partial charge >= 0.3 is 0 Å². The summed E-state index contributed by atoms with van der Waals surface area (Å²) >= 11 is 17.3. The van der Waals surface area contributed by atoms with Crippen molar-refractivity contribution in [1.82, 2.24) is 10.2 Å². The number of benzene rings is 3. The topological polar surface area (TPSA) is 47.6 Å². The van der Waals surface area contributed by atoms with Gasteiger partial charge in [0.15, 0.2) is 5.11 Å². The van der Waals surface area contributed by atoms with Crippen LogP contribution in [0.25, 0.3) is 6.08 Å². The molecule has 3 aromatic rings. The predicted molar refractivity (Wildman–Crippen MR) is 150 cm³/mol. The summed E-state index contributed by atoms with van der Waals surface area (Å²) in [5, 5.41) is 6.93. The van der Waals surface area contributed by atoms with E-state index in [1.807, 2.05) is 12.1 Å². The van der Waals surface area contributed by atoms with Crippen LogP contribution < -0.4 is 15.5 Å². The smallest absolute Gasteiger partial charge is 0.250 e. The van der Waals surface area contributed by atoms with Crippen molar-refractivity contribution >= 4 is 63.9 Å². The maximum absolute atomic E-state index is 12.2. The van der Waals surface area contributed by atoms with Crippen molar-refractivity contribution in [3.63, 3.8) is 0 Å². The highest BCUT2D eigenvalue weighted by molar-refractivity contribution is 7.80. The number of anilines is 2. The number of halogens is 2. The van der Waals surface area contributed by atoms with Crippen molar-refractivity contribution in [3.05, 3.63) is 100 Å². The highest BCUT2D eigenvalue weighted by Gasteiger charge is 2.17. The number of carbonyl (C=O) groups excluding carboxylic acids is 1. The van der Waals surface area contributed by atoms with Crippen LogP contribution in [0, 0.1) is 0 Å². The molecule has 0 atom stereocenters. The molecule has 1 fully saturated rings. The lowest BCUT2D eigenvalue weighted by molar-refractivity contribution is -0.115. The molecule has 0 aliphatic carbocycles. The van der Waals surface area contributed by atoms with Gasteiger partial charge in [-0.15, -0.1) is 0 Å². The largest absolute Gasteiger partial charge is 0.369 e. The monoisotopic (exact) mass is 524 g/mol. The van der Waals surface area contributed by atoms with Gasteiger partial charge in [0.2, 0.25) is 5.91 Å². The van der Waals surface area contributed by atoms with Crippen molar-refractivity contribution in [2.75, 3.05) is 36.4 Å². The Labute approximate surface area is 221 Å². The minimum Gasteiger partial charge on any atom is -0.369 e. The Kier molecular flexibility index (Phi) is 8.77. The summed E-state index contributed by atoms with van der Waals surface area (Å²) < 4.78 is 0. The maximum atomic E-state index is 12.2. The Bertz CT molecular complexity index is 1190. The molecule has 2 N–H and O–H groups in total. The Balaban J connectivity index is 1.23. The summed E-state index contributed by atoms with van der Waals surface area (Å²) in [6.45, 7) is 5.01. The number of hydrogen-bond donors (Lipinski definition) is 2. The molecule has 0 radical (unpaired) electrons. The summed E-state index contributed by atoms with van der Waals surface area (Å²) in [6.07, 6.45) is 2.99. The molecule has 4 rings (SSSR count). The molecular formula is C27H26Cl2N4OS. The number of nitrogens with zero attached hydrogens (tertiary/aromatic N) is 2. The third-order valence-electron chi connectivity index (χ3n) is 5.73. The number of hydrogen-bond acceptors (Lipinski definition) is 4. The van der Waals surface area contributed by atoms with E-state index in [2.05, 4.69) is 62.9 Å². The van der Waals surface area contributed by atoms with Gasteiger partial charge in [-0.25, -0.2) is 0 Å². The van der Waals surface area contributed by atoms with Crippen LogP contribution in [0.15, 0.2) is 78.9 Å². The number of carbonyl (C=O) groups is 1. The molecule has 180 valence electrons. The van der Waals surface area contributed by atoms with Crippen molar-refractivity contribution < 1.29 is 4.79 Å². The first kappa shape index (κ1) is 25.2. The van der Waals surface area contributed by atoms with Crippen molar-refractivity contribution in [3.8, 4) is 0 Å². The van der Waals surface area contributed by atoms with Crippen LogP contribution in [0.4, 0.5) is 11.4 Å². The van der Waals surface area contributed by atoms with E-state index >= 15 is 0 Å². The molecular weight excluding hydrogens is 499 g/mol. The van der Waals surface area contributed by atoms with E-state index in [0.29, 0.717) is 15.6 Å². The van der Waals surface area contributed by atoms with Gasteiger partial charge in [0.05, 0.1) is 0 Å². The molecule has 5 nitrogen and oxygen atoms in total. The second kappa shape index (κ2) is 12.2. The van der Waals surface area contributed by atoms with Crippen molar-refractivity contribution in [2.45, 2.75) is 6.54 Å². The average Bonchev–Trinajstić information content (AvgIpc) is 2.85. The Morgan fingerprint density at radius 1 is 0.943 bits per heavy atom. The minimum atomic E-state index is -0.349. The fourth-order valence-electron chi connectivity index (χ4n) is 3.88. The summed E-state index contributed by atoms with van der Waals surface area (Å²) in [7, 11) is 0. The molecule has 0 unspecified atom stereocenters. The third kappa shape index (κ3) is 7.54. The zero-order chi connectivity index (χ0) is 24.6. The van der Waals surface area contributed by atoms with Crippen LogP contribution in [0.3, 0.4) is 0 Å². The highest BCUT2D eigenvalue weighted by Crippen LogP contribution is 2.22. The van der Waals surface area contributed by atoms with Crippen LogP contribution in [0.2, 0.25) is 10.0 Å². The predicted octanol–water partition coefficient (Wildman–Crippen LogP) is 5.84. The van der Waals surface area contributed by atoms with Gasteiger partial charge in [-0.3, -0.25) is 15.0 Å². The number of thiocarbonyl (C=S) groups is 1. The number of rotatable bonds is 6. The number of piperazine rings is 1. The Hall–Kier alpha value is -2.90. The quantitative estimate of drug-likeness (QED) is 0.313. The molecule has 1 aliphatic rings. The van der Waals surface area contributed by atoms with E-state index in [4.69, 9.17) is 35.4 Å². The zero-order valence-corrected chi connectivity index (χ0v) is 21.4. The lowest BCUT2D eigenvalue weighted by Gasteiger charge is -2.36. The molecule has 0 saturated carbocycles. The van der Waals surface area contributed by atoms with Crippen LogP contribution in [-0.4, -0.2) is 42.1 Å². The summed E-state index contributed by atoms with van der Waals surface area (Å²) in [5.74, 6) is -0.349. The normalized spacial score (nSPS) is 14.2. The second-order valence-electron chi connectivity index (χ2n) is 8.24. The first-order chi connectivity index (χ1) is 17.0. The van der Waals surface area contributed by atoms with Gasteiger partial charge in [0, 0.05) is 60.2 Å². The molecule has 1 heterocycles. The maximum Gasteiger partial charge on any atom is 0.250 e. The molecule has 1 saturated heterocycles. The third-order valence-corrected chi connectivity index (χ3v) is 6.49. The number of nitrogens with one attached hydrogen (secondary N) is 2. The lowest BCUT2D eigenvalue weighted by Crippen LogP contribution is -2.45. The molecule has 0 aromatic heterocycles. The van der Waals surface area contributed by atoms with E-state index < -0.39 is 0 Å². The van der Waals surface area contributed by atoms with Crippen molar-refractivity contribution in [2.24, 2.45) is 0 Å². The second-order valence-corrected chi connectivity index (χ2v) is 9.49. The Morgan fingerprint density at radius 3 is 2.34 bits per heavy atom. The van der Waals surface area contributed by atoms with Crippen molar-refractivity contribution in [1.29, 1.82) is 0 Å². The molecule has 1 amide bonds. The highest BCUT2D eigenvalue weighted by atomic mass is 35.5. The SMILES string of the molecule is O=C(/C=C/c1ccc(Cl)cc1Cl)NC(=S)Nc1ccc(N2CCN(Cc3ccccc3)CC2)cc1. The Morgan fingerprint density at radius 2 is 1.66 bits per heavy atom. The van der Waals surface area contributed by atoms with Crippen LogP contribution >= 0.6 is 35.4 Å². The molecule has 1 aliphatic heterocycles. The van der Waals surface area contributed by atoms with Crippen LogP contribution in [-0.2, 0) is 11.3 Å². The average molecular weight is 526 g/mol. The van der Waals surface area contributed by atoms with Gasteiger partial charge in [-0.2, -0.15) is 0 Å². The van der Waals surface area contributed by atoms with E-state index in [1.54, 1.807) is 24.3 Å². The lowest BCUT2D eigenvalue weighted by atomic mass is 10.2. The van der Waals surface area contributed by atoms with E-state index in [0.717, 1.165) is 38.4 Å². The fraction of sp³-hybridized carbons (Fsp3) is 0.185. The first-order valence-corrected chi connectivity index (χ1v) is 12.5. The van der Waals surface area contributed by atoms with E-state index in [-0.39, 0.29) is 11.0 Å². The fourth-order valence-corrected chi connectivity index (χ4v) is 4.57. The van der Waals surface area contributed by atoms with E-state index in [1.165, 1.54) is 17.3 Å². The molecule has 8 heteroatoms. The standard InChI is InChI=1S/C27H26Cl2N4OS/c28-22-8-6-21(25(29)18-22)7-13-26(34)31-27(35)30-23-9-11-24(12-10-23)33-16-14-32(15-17-33)19-20-4-2-1-3-5-20/h1-13,18H,14-17,19H2,(H2,30,31,34,35)/b13-7+. The van der Waals surface area contributed by atoms with Gasteiger partial charge in [0.1, 0.15) is 0 Å². The zero-order valence-electron chi connectivity index (χ0n) is 19.1. The summed E-state index contributed by atoms with van der Waals surface area (Å²) in [5.41, 5.74) is 4.03. The molecule has 0 spiro atoms. The van der Waals surface area contributed by atoms with Gasteiger partial charge in [-0.1, -0.05) is 59.6 Å². The number of amides is 1. The minimum absolute atomic E-state index is 0.226. The van der Waals surface area contributed by atoms with Crippen LogP contribution in [0.5, 0.6) is 0 Å². The van der Waals surface area contributed by atoms with Gasteiger partial charge < -0.3 is 10.2 Å². The summed E-state index contributed by atoms with van der Waals surface area (Å²) in [6, 6.07) is 23.7. The molecule has 35 heavy (non-hydrogen) atoms. The summed E-state index contributed by atoms with van der Waals surface area (Å²) in [4.78, 5) is 17.1.